The third-order valence-electron chi connectivity index (χ3n) is 2.51. The first-order chi connectivity index (χ1) is 10.2. The molecular weight excluding hydrogens is 292 g/mol. The average Bonchev–Trinajstić information content (AvgIpc) is 2.50. The van der Waals surface area contributed by atoms with Gasteiger partial charge in [0.1, 0.15) is 0 Å². The minimum absolute atomic E-state index is 0.335. The number of amides is 1. The number of hydrazone groups is 1. The normalized spacial score (nSPS) is 11.1. The van der Waals surface area contributed by atoms with E-state index in [1.807, 2.05) is 6.07 Å². The van der Waals surface area contributed by atoms with Crippen LogP contribution in [-0.4, -0.2) is 28.5 Å². The molecule has 2 aromatic rings. The molecule has 1 aromatic carbocycles. The number of oxime groups is 1. The van der Waals surface area contributed by atoms with Crippen molar-refractivity contribution in [2.24, 2.45) is 10.3 Å². The van der Waals surface area contributed by atoms with Crippen molar-refractivity contribution in [3.63, 3.8) is 0 Å². The van der Waals surface area contributed by atoms with Crippen LogP contribution in [0, 0.1) is 0 Å². The Morgan fingerprint density at radius 2 is 2.05 bits per heavy atom. The number of hydrogen-bond acceptors (Lipinski definition) is 5. The molecule has 0 saturated heterocycles. The van der Waals surface area contributed by atoms with Crippen LogP contribution >= 0.6 is 11.6 Å². The molecule has 1 aromatic heterocycles. The summed E-state index contributed by atoms with van der Waals surface area (Å²) in [6.45, 7) is 0. The second kappa shape index (κ2) is 7.16. The van der Waals surface area contributed by atoms with Crippen molar-refractivity contribution in [1.82, 2.24) is 10.4 Å². The van der Waals surface area contributed by atoms with Crippen molar-refractivity contribution in [3.05, 3.63) is 64.4 Å². The van der Waals surface area contributed by atoms with Crippen molar-refractivity contribution >= 4 is 29.9 Å². The highest BCUT2D eigenvalue weighted by molar-refractivity contribution is 6.33. The highest BCUT2D eigenvalue weighted by atomic mass is 35.5. The first-order valence-electron chi connectivity index (χ1n) is 5.92. The molecule has 21 heavy (non-hydrogen) atoms. The second-order valence-corrected chi connectivity index (χ2v) is 4.34. The Balaban J connectivity index is 2.00. The Hall–Kier alpha value is -2.73. The smallest absolute Gasteiger partial charge is 0.272 e. The summed E-state index contributed by atoms with van der Waals surface area (Å²) in [4.78, 5) is 15.7. The van der Waals surface area contributed by atoms with Gasteiger partial charge in [-0.3, -0.25) is 9.78 Å². The summed E-state index contributed by atoms with van der Waals surface area (Å²) in [6, 6.07) is 10.2. The van der Waals surface area contributed by atoms with Crippen molar-refractivity contribution in [1.29, 1.82) is 0 Å². The number of carbonyl (C=O) groups excluding carboxylic acids is 1. The summed E-state index contributed by atoms with van der Waals surface area (Å²) in [7, 11) is 0. The SMILES string of the molecule is O=C(NN=Cc1ccccc1Cl)c1ccc(/C=N/O)nc1. The van der Waals surface area contributed by atoms with E-state index in [9.17, 15) is 4.79 Å². The predicted molar refractivity (Wildman–Crippen MR) is 80.1 cm³/mol. The summed E-state index contributed by atoms with van der Waals surface area (Å²) in [6.07, 6.45) is 3.98. The fraction of sp³-hybridized carbons (Fsp3) is 0. The lowest BCUT2D eigenvalue weighted by molar-refractivity contribution is 0.0955. The van der Waals surface area contributed by atoms with Crippen LogP contribution in [0.1, 0.15) is 21.6 Å². The number of aromatic nitrogens is 1. The maximum Gasteiger partial charge on any atom is 0.272 e. The van der Waals surface area contributed by atoms with Gasteiger partial charge in [-0.15, -0.1) is 0 Å². The summed E-state index contributed by atoms with van der Waals surface area (Å²) >= 11 is 5.96. The van der Waals surface area contributed by atoms with Crippen molar-refractivity contribution in [2.45, 2.75) is 0 Å². The van der Waals surface area contributed by atoms with Gasteiger partial charge in [0, 0.05) is 16.8 Å². The summed E-state index contributed by atoms with van der Waals surface area (Å²) < 4.78 is 0. The molecule has 0 unspecified atom stereocenters. The average molecular weight is 303 g/mol. The monoisotopic (exact) mass is 302 g/mol. The van der Waals surface area contributed by atoms with Crippen LogP contribution in [0.2, 0.25) is 5.02 Å². The third kappa shape index (κ3) is 4.12. The van der Waals surface area contributed by atoms with E-state index in [4.69, 9.17) is 16.8 Å². The van der Waals surface area contributed by atoms with E-state index in [1.54, 1.807) is 30.3 Å². The number of rotatable bonds is 4. The van der Waals surface area contributed by atoms with Crippen molar-refractivity contribution in [3.8, 4) is 0 Å². The standard InChI is InChI=1S/C14H11ClN4O2/c15-13-4-2-1-3-10(13)8-17-19-14(20)11-5-6-12(9-18-21)16-7-11/h1-9,21H,(H,19,20)/b17-8?,18-9+. The molecular formula is C14H11ClN4O2. The Labute approximate surface area is 125 Å². The fourth-order valence-corrected chi connectivity index (χ4v) is 1.66. The Morgan fingerprint density at radius 1 is 1.24 bits per heavy atom. The van der Waals surface area contributed by atoms with Gasteiger partial charge in [0.05, 0.1) is 23.7 Å². The Bertz CT molecular complexity index is 684. The minimum atomic E-state index is -0.404. The largest absolute Gasteiger partial charge is 0.411 e. The molecule has 0 saturated carbocycles. The Kier molecular flexibility index (Phi) is 5.00. The molecule has 1 amide bonds. The summed E-state index contributed by atoms with van der Waals surface area (Å²) in [5.41, 5.74) is 3.85. The maximum atomic E-state index is 11.8. The number of nitrogens with one attached hydrogen (secondary N) is 1. The molecule has 0 fully saturated rings. The fourth-order valence-electron chi connectivity index (χ4n) is 1.48. The first-order valence-corrected chi connectivity index (χ1v) is 6.30. The lowest BCUT2D eigenvalue weighted by atomic mass is 10.2. The molecule has 106 valence electrons. The Morgan fingerprint density at radius 3 is 2.71 bits per heavy atom. The zero-order chi connectivity index (χ0) is 15.1. The molecule has 0 aliphatic carbocycles. The van der Waals surface area contributed by atoms with Crippen molar-refractivity contribution in [2.75, 3.05) is 0 Å². The van der Waals surface area contributed by atoms with Gasteiger partial charge in [-0.2, -0.15) is 5.10 Å². The van der Waals surface area contributed by atoms with E-state index in [1.165, 1.54) is 12.4 Å². The van der Waals surface area contributed by atoms with Crippen LogP contribution in [0.4, 0.5) is 0 Å². The molecule has 0 aliphatic heterocycles. The molecule has 2 N–H and O–H groups in total. The van der Waals surface area contributed by atoms with Crippen LogP contribution in [0.25, 0.3) is 0 Å². The van der Waals surface area contributed by atoms with Gasteiger partial charge in [-0.25, -0.2) is 5.43 Å². The minimum Gasteiger partial charge on any atom is -0.411 e. The number of benzene rings is 1. The number of halogens is 1. The van der Waals surface area contributed by atoms with Crippen LogP contribution < -0.4 is 5.43 Å². The van der Waals surface area contributed by atoms with Crippen molar-refractivity contribution < 1.29 is 10.0 Å². The lowest BCUT2D eigenvalue weighted by Gasteiger charge is -2.00. The van der Waals surface area contributed by atoms with Crippen LogP contribution in [-0.2, 0) is 0 Å². The topological polar surface area (TPSA) is 86.9 Å². The van der Waals surface area contributed by atoms with Gasteiger partial charge in [-0.05, 0) is 18.2 Å². The van der Waals surface area contributed by atoms with E-state index < -0.39 is 5.91 Å². The third-order valence-corrected chi connectivity index (χ3v) is 2.86. The van der Waals surface area contributed by atoms with Crippen LogP contribution in [0.15, 0.2) is 52.9 Å². The first kappa shape index (κ1) is 14.7. The van der Waals surface area contributed by atoms with E-state index in [2.05, 4.69) is 20.7 Å². The van der Waals surface area contributed by atoms with E-state index >= 15 is 0 Å². The molecule has 7 heteroatoms. The van der Waals surface area contributed by atoms with Gasteiger partial charge < -0.3 is 5.21 Å². The zero-order valence-electron chi connectivity index (χ0n) is 10.8. The number of nitrogens with zero attached hydrogens (tertiary/aromatic N) is 3. The number of hydrogen-bond donors (Lipinski definition) is 2. The van der Waals surface area contributed by atoms with Crippen LogP contribution in [0.5, 0.6) is 0 Å². The van der Waals surface area contributed by atoms with Gasteiger partial charge >= 0.3 is 0 Å². The second-order valence-electron chi connectivity index (χ2n) is 3.94. The van der Waals surface area contributed by atoms with Gasteiger partial charge in [-0.1, -0.05) is 35.0 Å². The highest BCUT2D eigenvalue weighted by Crippen LogP contribution is 2.12. The molecule has 0 spiro atoms. The highest BCUT2D eigenvalue weighted by Gasteiger charge is 2.04. The molecule has 1 heterocycles. The maximum absolute atomic E-state index is 11.8. The molecule has 0 radical (unpaired) electrons. The van der Waals surface area contributed by atoms with E-state index in [0.717, 1.165) is 6.21 Å². The van der Waals surface area contributed by atoms with E-state index in [0.29, 0.717) is 21.8 Å². The summed E-state index contributed by atoms with van der Waals surface area (Å²) in [5.74, 6) is -0.404. The number of pyridine rings is 1. The summed E-state index contributed by atoms with van der Waals surface area (Å²) in [5, 5.41) is 15.6. The molecule has 0 bridgehead atoms. The van der Waals surface area contributed by atoms with Gasteiger partial charge in [0.2, 0.25) is 0 Å². The quantitative estimate of drug-likeness (QED) is 0.516. The molecule has 6 nitrogen and oxygen atoms in total. The van der Waals surface area contributed by atoms with E-state index in [-0.39, 0.29) is 0 Å². The lowest BCUT2D eigenvalue weighted by Crippen LogP contribution is -2.17. The number of carbonyl (C=O) groups is 1. The van der Waals surface area contributed by atoms with Gasteiger partial charge in [0.25, 0.3) is 5.91 Å². The molecule has 2 rings (SSSR count). The van der Waals surface area contributed by atoms with Gasteiger partial charge in [0.15, 0.2) is 0 Å². The zero-order valence-corrected chi connectivity index (χ0v) is 11.5. The molecule has 0 aliphatic rings. The van der Waals surface area contributed by atoms with Crippen LogP contribution in [0.3, 0.4) is 0 Å². The predicted octanol–water partition coefficient (Wildman–Crippen LogP) is 2.31. The molecule has 0 atom stereocenters.